The van der Waals surface area contributed by atoms with Gasteiger partial charge in [-0.05, 0) is 118 Å². The fourth-order valence-electron chi connectivity index (χ4n) is 7.83. The Kier molecular flexibility index (Phi) is 4.57. The predicted octanol–water partition coefficient (Wildman–Crippen LogP) is 14.4. The molecule has 0 bridgehead atoms. The van der Waals surface area contributed by atoms with Gasteiger partial charge in [-0.2, -0.15) is 0 Å². The molecule has 0 fully saturated rings. The summed E-state index contributed by atoms with van der Waals surface area (Å²) in [6.07, 6.45) is 0. The molecule has 0 amide bonds. The second-order valence-electron chi connectivity index (χ2n) is 13.1. The molecule has 0 unspecified atom stereocenters. The van der Waals surface area contributed by atoms with Crippen LogP contribution in [-0.2, 0) is 0 Å². The lowest BCUT2D eigenvalue weighted by Gasteiger charge is -2.18. The van der Waals surface area contributed by atoms with Crippen LogP contribution in [-0.4, -0.2) is 0 Å². The van der Waals surface area contributed by atoms with E-state index in [2.05, 4.69) is 48.5 Å². The lowest BCUT2D eigenvalue weighted by Crippen LogP contribution is -1.91. The number of fused-ring (bicyclic) bond motifs is 9. The fraction of sp³-hybridized carbons (Fsp3) is 0. The molecule has 0 saturated carbocycles. The summed E-state index contributed by atoms with van der Waals surface area (Å²) in [7, 11) is 0. The van der Waals surface area contributed by atoms with E-state index in [4.69, 9.17) is 9.90 Å². The highest BCUT2D eigenvalue weighted by atomic mass is 16.3. The molecule has 0 radical (unpaired) electrons. The molecule has 0 aliphatic heterocycles. The molecule has 0 aliphatic carbocycles. The van der Waals surface area contributed by atoms with Crippen LogP contribution in [0.15, 0.2) is 186 Å². The van der Waals surface area contributed by atoms with E-state index in [0.717, 1.165) is 54.2 Å². The molecule has 0 N–H and O–H groups in total. The molecule has 1 heterocycles. The lowest BCUT2D eigenvalue weighted by atomic mass is 9.85. The Morgan fingerprint density at radius 1 is 0.314 bits per heavy atom. The van der Waals surface area contributed by atoms with Gasteiger partial charge >= 0.3 is 0 Å². The van der Waals surface area contributed by atoms with Gasteiger partial charge in [0.1, 0.15) is 11.2 Å². The highest BCUT2D eigenvalue weighted by Crippen LogP contribution is 2.45. The summed E-state index contributed by atoms with van der Waals surface area (Å²) < 4.78 is 79.2. The number of rotatable bonds is 3. The van der Waals surface area contributed by atoms with Gasteiger partial charge in [0.05, 0.1) is 11.0 Å². The first-order valence-corrected chi connectivity index (χ1v) is 16.9. The van der Waals surface area contributed by atoms with E-state index < -0.39 is 24.2 Å². The first-order valence-electron chi connectivity index (χ1n) is 20.9. The maximum Gasteiger partial charge on any atom is 0.136 e. The third-order valence-electron chi connectivity index (χ3n) is 10.3. The van der Waals surface area contributed by atoms with Crippen LogP contribution >= 0.6 is 0 Å². The molecule has 0 atom stereocenters. The van der Waals surface area contributed by atoms with Crippen molar-refractivity contribution in [2.45, 2.75) is 0 Å². The van der Waals surface area contributed by atoms with Crippen molar-refractivity contribution in [2.75, 3.05) is 0 Å². The largest absolute Gasteiger partial charge is 0.456 e. The second-order valence-corrected chi connectivity index (χ2v) is 13.1. The molecular weight excluding hydrogens is 617 g/mol. The first-order chi connectivity index (χ1) is 28.6. The van der Waals surface area contributed by atoms with Crippen molar-refractivity contribution in [1.29, 1.82) is 0 Å². The van der Waals surface area contributed by atoms with Crippen molar-refractivity contribution in [2.24, 2.45) is 0 Å². The van der Waals surface area contributed by atoms with Crippen LogP contribution in [0.5, 0.6) is 0 Å². The molecule has 1 heteroatoms. The monoisotopic (exact) mass is 654 g/mol. The van der Waals surface area contributed by atoms with Gasteiger partial charge in [-0.25, -0.2) is 0 Å². The molecule has 0 aliphatic rings. The van der Waals surface area contributed by atoms with Gasteiger partial charge in [0.25, 0.3) is 0 Å². The van der Waals surface area contributed by atoms with Crippen molar-refractivity contribution in [3.05, 3.63) is 182 Å². The van der Waals surface area contributed by atoms with Crippen LogP contribution in [0, 0.1) is 0 Å². The van der Waals surface area contributed by atoms with Crippen molar-refractivity contribution < 1.29 is 15.4 Å². The average Bonchev–Trinajstić information content (AvgIpc) is 3.63. The fourth-order valence-corrected chi connectivity index (χ4v) is 7.83. The summed E-state index contributed by atoms with van der Waals surface area (Å²) in [6, 6.07) is 41.1. The number of furan rings is 1. The van der Waals surface area contributed by atoms with Crippen LogP contribution in [0.25, 0.3) is 109 Å². The van der Waals surface area contributed by atoms with Gasteiger partial charge < -0.3 is 4.42 Å². The second kappa shape index (κ2) is 10.9. The summed E-state index contributed by atoms with van der Waals surface area (Å²) in [5.74, 6) is 0. The summed E-state index contributed by atoms with van der Waals surface area (Å²) in [6.45, 7) is 0. The summed E-state index contributed by atoms with van der Waals surface area (Å²) in [5, 5.41) is 8.93. The zero-order chi connectivity index (χ0) is 40.4. The van der Waals surface area contributed by atoms with E-state index in [1.165, 1.54) is 0 Å². The molecule has 51 heavy (non-hydrogen) atoms. The van der Waals surface area contributed by atoms with Gasteiger partial charge in [0, 0.05) is 10.8 Å². The van der Waals surface area contributed by atoms with E-state index in [1.807, 2.05) is 78.9 Å². The molecule has 0 saturated heterocycles. The van der Waals surface area contributed by atoms with Gasteiger partial charge in [-0.1, -0.05) is 151 Å². The van der Waals surface area contributed by atoms with Crippen LogP contribution in [0.4, 0.5) is 0 Å². The Balaban J connectivity index is 1.21. The summed E-state index contributed by atoms with van der Waals surface area (Å²) in [4.78, 5) is 0. The lowest BCUT2D eigenvalue weighted by molar-refractivity contribution is 0.669. The Bertz CT molecular complexity index is 3560. The van der Waals surface area contributed by atoms with Gasteiger partial charge in [0.15, 0.2) is 0 Å². The van der Waals surface area contributed by atoms with Gasteiger partial charge in [-0.3, -0.25) is 0 Å². The maximum absolute atomic E-state index is 9.39. The van der Waals surface area contributed by atoms with Gasteiger partial charge in [-0.15, -0.1) is 0 Å². The van der Waals surface area contributed by atoms with Gasteiger partial charge in [0.2, 0.25) is 0 Å². The van der Waals surface area contributed by atoms with Crippen molar-refractivity contribution in [3.63, 3.8) is 0 Å². The van der Waals surface area contributed by atoms with Crippen molar-refractivity contribution >= 4 is 75.8 Å². The SMILES string of the molecule is [2H]c1c([2H])c([2H])c2c(-c3ccc4oc5cc6ccccc6cc5c4c3)c3c([2H])c([2H])c([2H])c([2H])c3c(-c3ccc(-c4ccc5ccc6ccccc6c5c4)cc3)c2c1[2H]. The first kappa shape index (κ1) is 21.4. The minimum atomic E-state index is -0.435. The Labute approximate surface area is 305 Å². The smallest absolute Gasteiger partial charge is 0.136 e. The van der Waals surface area contributed by atoms with E-state index >= 15 is 0 Å². The zero-order valence-electron chi connectivity index (χ0n) is 35.1. The molecule has 1 aromatic heterocycles. The number of benzene rings is 10. The Hall–Kier alpha value is -6.70. The van der Waals surface area contributed by atoms with Crippen LogP contribution < -0.4 is 0 Å². The normalized spacial score (nSPS) is 14.1. The van der Waals surface area contributed by atoms with Crippen LogP contribution in [0.3, 0.4) is 0 Å². The molecule has 11 rings (SSSR count). The predicted molar refractivity (Wildman–Crippen MR) is 218 cm³/mol. The molecule has 10 aromatic carbocycles. The van der Waals surface area contributed by atoms with E-state index in [9.17, 15) is 5.48 Å². The zero-order valence-corrected chi connectivity index (χ0v) is 27.1. The van der Waals surface area contributed by atoms with E-state index in [1.54, 1.807) is 6.07 Å². The average molecular weight is 655 g/mol. The molecule has 1 nitrogen and oxygen atoms in total. The molecular formula is C50H30O. The molecule has 11 aromatic rings. The maximum atomic E-state index is 9.39. The summed E-state index contributed by atoms with van der Waals surface area (Å²) in [5.41, 5.74) is 4.92. The minimum Gasteiger partial charge on any atom is -0.456 e. The number of hydrogen-bond acceptors (Lipinski definition) is 1. The Morgan fingerprint density at radius 3 is 1.51 bits per heavy atom. The topological polar surface area (TPSA) is 13.1 Å². The standard InChI is InChI=1S/C50H30O/c1-2-11-36-30-48-46(28-35(36)10-1)45-29-38(25-26-47(45)51-48)50-42-15-7-5-13-40(42)49(41-14-6-8-16-43(41)50)34-22-17-31(18-23-34)37-24-21-33-20-19-32-9-3-4-12-39(32)44(33)27-37/h1-30H/i5D,6D,7D,8D,13D,14D,15D,16D. The van der Waals surface area contributed by atoms with Crippen molar-refractivity contribution in [1.82, 2.24) is 0 Å². The Morgan fingerprint density at radius 2 is 0.804 bits per heavy atom. The summed E-state index contributed by atoms with van der Waals surface area (Å²) >= 11 is 0. The third kappa shape index (κ3) is 4.35. The molecule has 236 valence electrons. The van der Waals surface area contributed by atoms with E-state index in [0.29, 0.717) is 33.4 Å². The number of hydrogen-bond donors (Lipinski definition) is 0. The third-order valence-corrected chi connectivity index (χ3v) is 10.3. The molecule has 0 spiro atoms. The van der Waals surface area contributed by atoms with Crippen LogP contribution in [0.1, 0.15) is 11.0 Å². The quantitative estimate of drug-likeness (QED) is 0.136. The minimum absolute atomic E-state index is 0.173. The highest BCUT2D eigenvalue weighted by molar-refractivity contribution is 6.22. The van der Waals surface area contributed by atoms with Crippen LogP contribution in [0.2, 0.25) is 0 Å². The highest BCUT2D eigenvalue weighted by Gasteiger charge is 2.18. The van der Waals surface area contributed by atoms with E-state index in [-0.39, 0.29) is 45.7 Å². The van der Waals surface area contributed by atoms with Crippen molar-refractivity contribution in [3.8, 4) is 33.4 Å².